The molecule has 1 unspecified atom stereocenters. The molecule has 0 aliphatic carbocycles. The molecule has 2 rings (SSSR count). The normalized spacial score (nSPS) is 14.2. The van der Waals surface area contributed by atoms with Gasteiger partial charge in [0.05, 0.1) is 0 Å². The first-order valence-electron chi connectivity index (χ1n) is 5.38. The highest BCUT2D eigenvalue weighted by molar-refractivity contribution is 8.65. The maximum atomic E-state index is 5.67. The summed E-state index contributed by atoms with van der Waals surface area (Å²) in [7, 11) is 0. The first-order chi connectivity index (χ1) is 8.08. The summed E-state index contributed by atoms with van der Waals surface area (Å²) < 4.78 is 0. The highest BCUT2D eigenvalue weighted by Gasteiger charge is 2.15. The van der Waals surface area contributed by atoms with Gasteiger partial charge in [0.15, 0.2) is 0 Å². The number of pyridine rings is 1. The molecule has 0 aliphatic heterocycles. The molecule has 1 aromatic heterocycles. The molecular weight excluding hydrogens is 265 g/mol. The number of benzene rings is 1. The third-order valence-corrected chi connectivity index (χ3v) is 6.48. The van der Waals surface area contributed by atoms with Gasteiger partial charge in [0, 0.05) is 22.8 Å². The molecule has 0 spiro atoms. The average Bonchev–Trinajstić information content (AvgIpc) is 2.29. The van der Waals surface area contributed by atoms with Crippen LogP contribution in [0.5, 0.6) is 0 Å². The van der Waals surface area contributed by atoms with Crippen molar-refractivity contribution >= 4 is 34.6 Å². The van der Waals surface area contributed by atoms with Gasteiger partial charge in [0.1, 0.15) is 0 Å². The summed E-state index contributed by atoms with van der Waals surface area (Å²) in [5.41, 5.74) is 2.06. The van der Waals surface area contributed by atoms with Crippen LogP contribution < -0.4 is 5.30 Å². The van der Waals surface area contributed by atoms with E-state index in [4.69, 9.17) is 24.1 Å². The van der Waals surface area contributed by atoms with Gasteiger partial charge in [0.2, 0.25) is 0 Å². The Bertz CT molecular complexity index is 554. The molecule has 0 fully saturated rings. The lowest BCUT2D eigenvalue weighted by atomic mass is 10.3. The molecule has 17 heavy (non-hydrogen) atoms. The number of thiol groups is 1. The summed E-state index contributed by atoms with van der Waals surface area (Å²) in [6.07, 6.45) is 0.761. The third kappa shape index (κ3) is 3.41. The quantitative estimate of drug-likeness (QED) is 0.682. The molecule has 0 radical (unpaired) electrons. The fourth-order valence-electron chi connectivity index (χ4n) is 1.66. The lowest BCUT2D eigenvalue weighted by Crippen LogP contribution is -2.02. The second-order valence-electron chi connectivity index (χ2n) is 3.97. The molecule has 4 heteroatoms. The number of hydrogen-bond acceptors (Lipinski definition) is 2. The minimum atomic E-state index is -1.82. The summed E-state index contributed by atoms with van der Waals surface area (Å²) in [5, 5.41) is -0.667. The van der Waals surface area contributed by atoms with Crippen LogP contribution in [0.15, 0.2) is 48.5 Å². The minimum absolute atomic E-state index is 0.761. The fourth-order valence-corrected chi connectivity index (χ4v) is 4.69. The van der Waals surface area contributed by atoms with Crippen molar-refractivity contribution in [1.29, 1.82) is 0 Å². The van der Waals surface area contributed by atoms with Crippen LogP contribution in [0.1, 0.15) is 11.4 Å². The zero-order chi connectivity index (χ0) is 12.3. The third-order valence-electron chi connectivity index (χ3n) is 2.48. The van der Waals surface area contributed by atoms with E-state index in [2.05, 4.69) is 17.1 Å². The molecule has 0 saturated heterocycles. The van der Waals surface area contributed by atoms with Crippen LogP contribution >= 0.6 is 17.5 Å². The van der Waals surface area contributed by atoms with Crippen molar-refractivity contribution < 1.29 is 0 Å². The molecule has 0 aliphatic rings. The first-order valence-corrected chi connectivity index (χ1v) is 9.52. The van der Waals surface area contributed by atoms with Gasteiger partial charge in [-0.05, 0) is 24.4 Å². The average molecular weight is 279 g/mol. The van der Waals surface area contributed by atoms with Gasteiger partial charge in [0.25, 0.3) is 0 Å². The zero-order valence-electron chi connectivity index (χ0n) is 9.58. The predicted octanol–water partition coefficient (Wildman–Crippen LogP) is 3.54. The van der Waals surface area contributed by atoms with Crippen LogP contribution in [0, 0.1) is 6.92 Å². The van der Waals surface area contributed by atoms with Crippen LogP contribution in [0.25, 0.3) is 0 Å². The highest BCUT2D eigenvalue weighted by Crippen LogP contribution is 2.52. The van der Waals surface area contributed by atoms with Crippen molar-refractivity contribution in [3.63, 3.8) is 0 Å². The van der Waals surface area contributed by atoms with Gasteiger partial charge < -0.3 is 0 Å². The monoisotopic (exact) mass is 279 g/mol. The van der Waals surface area contributed by atoms with Crippen molar-refractivity contribution in [1.82, 2.24) is 4.98 Å². The largest absolute Gasteiger partial charge is 0.258 e. The van der Waals surface area contributed by atoms with E-state index in [1.807, 2.05) is 43.3 Å². The Balaban J connectivity index is 2.27. The number of aromatic nitrogens is 1. The summed E-state index contributed by atoms with van der Waals surface area (Å²) in [6.45, 7) is 1.99. The number of aryl methyl sites for hydroxylation is 1. The Morgan fingerprint density at radius 1 is 1.12 bits per heavy atom. The van der Waals surface area contributed by atoms with E-state index in [1.165, 1.54) is 0 Å². The van der Waals surface area contributed by atoms with Gasteiger partial charge >= 0.3 is 0 Å². The highest BCUT2D eigenvalue weighted by atomic mass is 32.9. The summed E-state index contributed by atoms with van der Waals surface area (Å²) >= 11 is 10.4. The number of rotatable bonds is 3. The molecular formula is C13H14NPS2. The molecule has 0 amide bonds. The van der Waals surface area contributed by atoms with Crippen molar-refractivity contribution in [2.75, 3.05) is 0 Å². The Kier molecular flexibility index (Phi) is 4.03. The Morgan fingerprint density at radius 2 is 1.82 bits per heavy atom. The SMILES string of the molecule is Cc1cccc(CP(=S)(S)c2ccccc2)n1. The van der Waals surface area contributed by atoms with Crippen molar-refractivity contribution in [2.24, 2.45) is 0 Å². The maximum Gasteiger partial charge on any atom is 0.0467 e. The first kappa shape index (κ1) is 12.8. The molecule has 0 N–H and O–H groups in total. The molecule has 1 nitrogen and oxygen atoms in total. The van der Waals surface area contributed by atoms with Crippen LogP contribution in [-0.2, 0) is 18.0 Å². The van der Waals surface area contributed by atoms with Gasteiger partial charge in [-0.2, -0.15) is 0 Å². The van der Waals surface area contributed by atoms with E-state index in [1.54, 1.807) is 0 Å². The molecule has 1 aromatic carbocycles. The van der Waals surface area contributed by atoms with E-state index < -0.39 is 5.24 Å². The van der Waals surface area contributed by atoms with Crippen LogP contribution in [0.4, 0.5) is 0 Å². The molecule has 0 saturated carbocycles. The fraction of sp³-hybridized carbons (Fsp3) is 0.154. The molecule has 2 aromatic rings. The lowest BCUT2D eigenvalue weighted by molar-refractivity contribution is 1.10. The molecule has 0 bridgehead atoms. The molecule has 88 valence electrons. The van der Waals surface area contributed by atoms with Gasteiger partial charge in [-0.25, -0.2) is 0 Å². The number of nitrogens with zero attached hydrogens (tertiary/aromatic N) is 1. The predicted molar refractivity (Wildman–Crippen MR) is 82.0 cm³/mol. The maximum absolute atomic E-state index is 5.67. The van der Waals surface area contributed by atoms with Crippen molar-refractivity contribution in [2.45, 2.75) is 13.1 Å². The van der Waals surface area contributed by atoms with Gasteiger partial charge in [-0.3, -0.25) is 4.98 Å². The smallest absolute Gasteiger partial charge is 0.0467 e. The Labute approximate surface area is 112 Å². The molecule has 1 atom stereocenters. The van der Waals surface area contributed by atoms with E-state index >= 15 is 0 Å². The van der Waals surface area contributed by atoms with Gasteiger partial charge in [-0.15, -0.1) is 12.2 Å². The van der Waals surface area contributed by atoms with Crippen LogP contribution in [0.2, 0.25) is 0 Å². The standard InChI is InChI=1S/C13H14NPS2/c1-11-6-5-7-12(14-11)10-15(16,17)13-8-3-2-4-9-13/h2-9H,10H2,1H3,(H,16,17). The van der Waals surface area contributed by atoms with Crippen LogP contribution in [0.3, 0.4) is 0 Å². The zero-order valence-corrected chi connectivity index (χ0v) is 12.2. The van der Waals surface area contributed by atoms with Crippen molar-refractivity contribution in [3.8, 4) is 0 Å². The van der Waals surface area contributed by atoms with Gasteiger partial charge in [-0.1, -0.05) is 48.2 Å². The number of hydrogen-bond donors (Lipinski definition) is 1. The summed E-state index contributed by atoms with van der Waals surface area (Å²) in [5.74, 6) is 0. The van der Waals surface area contributed by atoms with Crippen LogP contribution in [-0.4, -0.2) is 4.98 Å². The van der Waals surface area contributed by atoms with E-state index in [9.17, 15) is 0 Å². The Hall–Kier alpha value is -0.630. The van der Waals surface area contributed by atoms with Crippen molar-refractivity contribution in [3.05, 3.63) is 59.9 Å². The van der Waals surface area contributed by atoms with E-state index in [0.29, 0.717) is 0 Å². The van der Waals surface area contributed by atoms with E-state index in [0.717, 1.165) is 22.9 Å². The molecule has 1 heterocycles. The topological polar surface area (TPSA) is 12.9 Å². The minimum Gasteiger partial charge on any atom is -0.258 e. The van der Waals surface area contributed by atoms with E-state index in [-0.39, 0.29) is 0 Å². The lowest BCUT2D eigenvalue weighted by Gasteiger charge is -2.15. The summed E-state index contributed by atoms with van der Waals surface area (Å²) in [4.78, 5) is 4.50. The second kappa shape index (κ2) is 5.34. The Morgan fingerprint density at radius 3 is 2.47 bits per heavy atom. The second-order valence-corrected chi connectivity index (χ2v) is 10.9. The summed E-state index contributed by atoms with van der Waals surface area (Å²) in [6, 6.07) is 16.2.